The second kappa shape index (κ2) is 5.05. The van der Waals surface area contributed by atoms with Crippen molar-refractivity contribution in [3.8, 4) is 0 Å². The fourth-order valence-corrected chi connectivity index (χ4v) is 1.66. The zero-order chi connectivity index (χ0) is 11.4. The van der Waals surface area contributed by atoms with Crippen molar-refractivity contribution in [2.24, 2.45) is 5.73 Å². The van der Waals surface area contributed by atoms with E-state index in [2.05, 4.69) is 4.98 Å². The predicted molar refractivity (Wildman–Crippen MR) is 58.4 cm³/mol. The summed E-state index contributed by atoms with van der Waals surface area (Å²) < 4.78 is 5.27. The van der Waals surface area contributed by atoms with Crippen LogP contribution in [0, 0.1) is 0 Å². The molecule has 5 heteroatoms. The molecular formula is C11H15N3O2. The van der Waals surface area contributed by atoms with Crippen molar-refractivity contribution in [3.63, 3.8) is 0 Å². The van der Waals surface area contributed by atoms with Gasteiger partial charge in [-0.05, 0) is 12.1 Å². The molecule has 5 nitrogen and oxygen atoms in total. The SMILES string of the molecule is NC[C@H]1CN(Cc2ccccn2)C(=O)CO1. The number of carbonyl (C=O) groups is 1. The molecule has 16 heavy (non-hydrogen) atoms. The Balaban J connectivity index is 2.00. The number of carbonyl (C=O) groups excluding carboxylic acids is 1. The number of aromatic nitrogens is 1. The first kappa shape index (κ1) is 11.0. The van der Waals surface area contributed by atoms with E-state index in [1.165, 1.54) is 0 Å². The van der Waals surface area contributed by atoms with Crippen molar-refractivity contribution < 1.29 is 9.53 Å². The number of nitrogens with zero attached hydrogens (tertiary/aromatic N) is 2. The van der Waals surface area contributed by atoms with Crippen LogP contribution in [-0.4, -0.2) is 41.6 Å². The molecule has 1 fully saturated rings. The van der Waals surface area contributed by atoms with Crippen molar-refractivity contribution in [2.45, 2.75) is 12.6 Å². The van der Waals surface area contributed by atoms with Crippen LogP contribution in [0.1, 0.15) is 5.69 Å². The molecular weight excluding hydrogens is 206 g/mol. The normalized spacial score (nSPS) is 21.2. The van der Waals surface area contributed by atoms with Crippen molar-refractivity contribution in [2.75, 3.05) is 19.7 Å². The van der Waals surface area contributed by atoms with Gasteiger partial charge in [0.25, 0.3) is 0 Å². The van der Waals surface area contributed by atoms with Crippen molar-refractivity contribution in [1.82, 2.24) is 9.88 Å². The summed E-state index contributed by atoms with van der Waals surface area (Å²) in [7, 11) is 0. The Morgan fingerprint density at radius 2 is 2.44 bits per heavy atom. The number of pyridine rings is 1. The lowest BCUT2D eigenvalue weighted by atomic mass is 10.2. The Morgan fingerprint density at radius 1 is 1.56 bits per heavy atom. The van der Waals surface area contributed by atoms with Crippen LogP contribution in [0.3, 0.4) is 0 Å². The molecule has 1 aromatic rings. The summed E-state index contributed by atoms with van der Waals surface area (Å²) in [5, 5.41) is 0. The lowest BCUT2D eigenvalue weighted by Crippen LogP contribution is -2.48. The number of nitrogens with two attached hydrogens (primary N) is 1. The van der Waals surface area contributed by atoms with Gasteiger partial charge < -0.3 is 15.4 Å². The van der Waals surface area contributed by atoms with Gasteiger partial charge in [0.2, 0.25) is 5.91 Å². The zero-order valence-corrected chi connectivity index (χ0v) is 9.00. The minimum absolute atomic E-state index is 0.00430. The predicted octanol–water partition coefficient (Wildman–Crippen LogP) is -0.232. The number of ether oxygens (including phenoxy) is 1. The molecule has 0 aromatic carbocycles. The Morgan fingerprint density at radius 3 is 3.12 bits per heavy atom. The van der Waals surface area contributed by atoms with E-state index < -0.39 is 0 Å². The van der Waals surface area contributed by atoms with Crippen molar-refractivity contribution in [3.05, 3.63) is 30.1 Å². The van der Waals surface area contributed by atoms with Crippen LogP contribution in [0.5, 0.6) is 0 Å². The Bertz CT molecular complexity index is 356. The summed E-state index contributed by atoms with van der Waals surface area (Å²) in [6, 6.07) is 5.67. The fraction of sp³-hybridized carbons (Fsp3) is 0.455. The Labute approximate surface area is 94.2 Å². The molecule has 1 aliphatic rings. The maximum absolute atomic E-state index is 11.6. The van der Waals surface area contributed by atoms with Crippen LogP contribution in [-0.2, 0) is 16.1 Å². The highest BCUT2D eigenvalue weighted by molar-refractivity contribution is 5.78. The number of hydrogen-bond acceptors (Lipinski definition) is 4. The summed E-state index contributed by atoms with van der Waals surface area (Å²) in [5.41, 5.74) is 6.41. The number of rotatable bonds is 3. The molecule has 1 amide bonds. The molecule has 0 unspecified atom stereocenters. The van der Waals surface area contributed by atoms with E-state index in [-0.39, 0.29) is 18.6 Å². The van der Waals surface area contributed by atoms with E-state index in [1.54, 1.807) is 11.1 Å². The monoisotopic (exact) mass is 221 g/mol. The highest BCUT2D eigenvalue weighted by atomic mass is 16.5. The molecule has 0 radical (unpaired) electrons. The summed E-state index contributed by atoms with van der Waals surface area (Å²) >= 11 is 0. The van der Waals surface area contributed by atoms with Crippen LogP contribution in [0.15, 0.2) is 24.4 Å². The van der Waals surface area contributed by atoms with Gasteiger partial charge in [-0.15, -0.1) is 0 Å². The second-order valence-electron chi connectivity index (χ2n) is 3.76. The molecule has 0 bridgehead atoms. The van der Waals surface area contributed by atoms with Gasteiger partial charge in [-0.25, -0.2) is 0 Å². The lowest BCUT2D eigenvalue weighted by molar-refractivity contribution is -0.149. The van der Waals surface area contributed by atoms with Gasteiger partial charge in [0.15, 0.2) is 0 Å². The minimum atomic E-state index is -0.0542. The van der Waals surface area contributed by atoms with E-state index in [9.17, 15) is 4.79 Å². The molecule has 1 aliphatic heterocycles. The van der Waals surface area contributed by atoms with Crippen LogP contribution < -0.4 is 5.73 Å². The third-order valence-electron chi connectivity index (χ3n) is 2.56. The van der Waals surface area contributed by atoms with E-state index in [4.69, 9.17) is 10.5 Å². The number of amides is 1. The summed E-state index contributed by atoms with van der Waals surface area (Å²) in [6.45, 7) is 1.63. The molecule has 2 rings (SSSR count). The van der Waals surface area contributed by atoms with Gasteiger partial charge in [-0.3, -0.25) is 9.78 Å². The van der Waals surface area contributed by atoms with Crippen LogP contribution >= 0.6 is 0 Å². The molecule has 1 saturated heterocycles. The summed E-state index contributed by atoms with van der Waals surface area (Å²) in [5.74, 6) is -0.00430. The highest BCUT2D eigenvalue weighted by Crippen LogP contribution is 2.09. The van der Waals surface area contributed by atoms with E-state index in [1.807, 2.05) is 18.2 Å². The van der Waals surface area contributed by atoms with Gasteiger partial charge in [0.05, 0.1) is 18.3 Å². The molecule has 2 heterocycles. The van der Waals surface area contributed by atoms with Gasteiger partial charge in [-0.1, -0.05) is 6.07 Å². The van der Waals surface area contributed by atoms with Crippen molar-refractivity contribution >= 4 is 5.91 Å². The molecule has 2 N–H and O–H groups in total. The molecule has 86 valence electrons. The first-order chi connectivity index (χ1) is 7.79. The zero-order valence-electron chi connectivity index (χ0n) is 9.00. The number of morpholine rings is 1. The van der Waals surface area contributed by atoms with Gasteiger partial charge in [-0.2, -0.15) is 0 Å². The van der Waals surface area contributed by atoms with Gasteiger partial charge >= 0.3 is 0 Å². The Kier molecular flexibility index (Phi) is 3.48. The smallest absolute Gasteiger partial charge is 0.249 e. The Hall–Kier alpha value is -1.46. The lowest BCUT2D eigenvalue weighted by Gasteiger charge is -2.31. The van der Waals surface area contributed by atoms with Gasteiger partial charge in [0, 0.05) is 19.3 Å². The molecule has 1 atom stereocenters. The third-order valence-corrected chi connectivity index (χ3v) is 2.56. The topological polar surface area (TPSA) is 68.5 Å². The summed E-state index contributed by atoms with van der Waals surface area (Å²) in [4.78, 5) is 17.5. The first-order valence-electron chi connectivity index (χ1n) is 5.29. The summed E-state index contributed by atoms with van der Waals surface area (Å²) in [6.07, 6.45) is 1.67. The molecule has 0 aliphatic carbocycles. The van der Waals surface area contributed by atoms with Crippen LogP contribution in [0.25, 0.3) is 0 Å². The van der Waals surface area contributed by atoms with Crippen molar-refractivity contribution in [1.29, 1.82) is 0 Å². The fourth-order valence-electron chi connectivity index (χ4n) is 1.66. The average Bonchev–Trinajstić information content (AvgIpc) is 2.33. The van der Waals surface area contributed by atoms with E-state index in [0.29, 0.717) is 19.6 Å². The molecule has 0 saturated carbocycles. The third kappa shape index (κ3) is 2.56. The van der Waals surface area contributed by atoms with Crippen LogP contribution in [0.2, 0.25) is 0 Å². The highest BCUT2D eigenvalue weighted by Gasteiger charge is 2.25. The van der Waals surface area contributed by atoms with E-state index >= 15 is 0 Å². The number of hydrogen-bond donors (Lipinski definition) is 1. The van der Waals surface area contributed by atoms with E-state index in [0.717, 1.165) is 5.69 Å². The average molecular weight is 221 g/mol. The molecule has 1 aromatic heterocycles. The van der Waals surface area contributed by atoms with Crippen LogP contribution in [0.4, 0.5) is 0 Å². The standard InChI is InChI=1S/C11H15N3O2/c12-5-10-7-14(11(15)8-16-10)6-9-3-1-2-4-13-9/h1-4,10H,5-8,12H2/t10-/m0/s1. The molecule has 0 spiro atoms. The minimum Gasteiger partial charge on any atom is -0.365 e. The second-order valence-corrected chi connectivity index (χ2v) is 3.76. The first-order valence-corrected chi connectivity index (χ1v) is 5.29. The quantitative estimate of drug-likeness (QED) is 0.765. The largest absolute Gasteiger partial charge is 0.365 e. The maximum Gasteiger partial charge on any atom is 0.249 e. The maximum atomic E-state index is 11.6. The van der Waals surface area contributed by atoms with Gasteiger partial charge in [0.1, 0.15) is 6.61 Å².